The molecule has 4 aromatic rings. The van der Waals surface area contributed by atoms with Crippen molar-refractivity contribution in [2.24, 2.45) is 0 Å². The quantitative estimate of drug-likeness (QED) is 0.351. The second kappa shape index (κ2) is 9.91. The van der Waals surface area contributed by atoms with Crippen LogP contribution in [-0.4, -0.2) is 35.1 Å². The van der Waals surface area contributed by atoms with E-state index in [9.17, 15) is 4.79 Å². The Hall–Kier alpha value is -3.42. The number of rotatable bonds is 5. The number of carbonyl (C=O) groups is 1. The van der Waals surface area contributed by atoms with Crippen molar-refractivity contribution >= 4 is 38.8 Å². The summed E-state index contributed by atoms with van der Waals surface area (Å²) in [6.07, 6.45) is 5.72. The Morgan fingerprint density at radius 2 is 2.06 bits per heavy atom. The maximum absolute atomic E-state index is 13.1. The van der Waals surface area contributed by atoms with Crippen LogP contribution < -0.4 is 15.0 Å². The highest BCUT2D eigenvalue weighted by atomic mass is 32.1. The minimum Gasteiger partial charge on any atom is -0.473 e. The molecule has 0 spiro atoms. The number of anilines is 2. The van der Waals surface area contributed by atoms with Crippen LogP contribution in [0.5, 0.6) is 5.75 Å². The lowest BCUT2D eigenvalue weighted by molar-refractivity contribution is 0.102. The van der Waals surface area contributed by atoms with Gasteiger partial charge >= 0.3 is 0 Å². The van der Waals surface area contributed by atoms with E-state index in [1.54, 1.807) is 11.3 Å². The summed E-state index contributed by atoms with van der Waals surface area (Å²) < 4.78 is 6.08. The summed E-state index contributed by atoms with van der Waals surface area (Å²) in [5.41, 5.74) is 2.74. The summed E-state index contributed by atoms with van der Waals surface area (Å²) >= 11 is 1.56. The van der Waals surface area contributed by atoms with Crippen LogP contribution in [0.25, 0.3) is 10.8 Å². The van der Waals surface area contributed by atoms with Gasteiger partial charge < -0.3 is 9.64 Å². The lowest BCUT2D eigenvalue weighted by Crippen LogP contribution is -2.36. The zero-order valence-electron chi connectivity index (χ0n) is 20.4. The fourth-order valence-corrected chi connectivity index (χ4v) is 6.04. The van der Waals surface area contributed by atoms with Crippen LogP contribution in [0.15, 0.2) is 66.9 Å². The van der Waals surface area contributed by atoms with Crippen molar-refractivity contribution in [3.8, 4) is 5.75 Å². The largest absolute Gasteiger partial charge is 0.473 e. The Labute approximate surface area is 215 Å². The first-order chi connectivity index (χ1) is 17.6. The van der Waals surface area contributed by atoms with Gasteiger partial charge in [-0.05, 0) is 61.3 Å². The normalized spacial score (nSPS) is 18.0. The highest BCUT2D eigenvalue weighted by molar-refractivity contribution is 7.15. The zero-order valence-corrected chi connectivity index (χ0v) is 21.3. The molecule has 1 saturated heterocycles. The maximum atomic E-state index is 13.1. The van der Waals surface area contributed by atoms with Crippen LogP contribution in [0.4, 0.5) is 10.8 Å². The molecule has 1 amide bonds. The van der Waals surface area contributed by atoms with Crippen LogP contribution in [0.2, 0.25) is 0 Å². The fraction of sp³-hybridized carbons (Fsp3) is 0.310. The molecule has 6 rings (SSSR count). The van der Waals surface area contributed by atoms with Crippen molar-refractivity contribution in [3.63, 3.8) is 0 Å². The molecule has 0 radical (unpaired) electrons. The highest BCUT2D eigenvalue weighted by Gasteiger charge is 2.22. The van der Waals surface area contributed by atoms with E-state index in [1.165, 1.54) is 40.5 Å². The van der Waals surface area contributed by atoms with Gasteiger partial charge in [0.25, 0.3) is 5.91 Å². The van der Waals surface area contributed by atoms with Gasteiger partial charge in [0, 0.05) is 40.5 Å². The van der Waals surface area contributed by atoms with Gasteiger partial charge in [0.2, 0.25) is 0 Å². The zero-order chi connectivity index (χ0) is 24.5. The van der Waals surface area contributed by atoms with E-state index < -0.39 is 0 Å². The SMILES string of the molecule is CC1CCCCN1Cc1cnc(NC(=O)c2cccc(N3COc4ccc5ccccc5c4C3)c2)s1. The number of benzene rings is 3. The van der Waals surface area contributed by atoms with E-state index in [0.717, 1.165) is 31.1 Å². The molecule has 3 aromatic carbocycles. The van der Waals surface area contributed by atoms with Crippen molar-refractivity contribution in [1.29, 1.82) is 0 Å². The Bertz CT molecular complexity index is 1400. The maximum Gasteiger partial charge on any atom is 0.257 e. The van der Waals surface area contributed by atoms with Crippen LogP contribution in [-0.2, 0) is 13.1 Å². The average Bonchev–Trinajstić information content (AvgIpc) is 3.36. The number of nitrogens with one attached hydrogen (secondary N) is 1. The topological polar surface area (TPSA) is 57.7 Å². The van der Waals surface area contributed by atoms with Crippen molar-refractivity contribution in [3.05, 3.63) is 82.9 Å². The molecule has 0 aliphatic carbocycles. The van der Waals surface area contributed by atoms with E-state index in [2.05, 4.69) is 57.4 Å². The molecule has 0 saturated carbocycles. The van der Waals surface area contributed by atoms with E-state index in [-0.39, 0.29) is 5.91 Å². The fourth-order valence-electron chi connectivity index (χ4n) is 5.21. The van der Waals surface area contributed by atoms with Crippen molar-refractivity contribution in [1.82, 2.24) is 9.88 Å². The van der Waals surface area contributed by atoms with Crippen LogP contribution >= 0.6 is 11.3 Å². The second-order valence-corrected chi connectivity index (χ2v) is 10.8. The number of likely N-dealkylation sites (tertiary alicyclic amines) is 1. The molecule has 6 nitrogen and oxygen atoms in total. The first-order valence-corrected chi connectivity index (χ1v) is 13.4. The number of piperidine rings is 1. The van der Waals surface area contributed by atoms with E-state index in [0.29, 0.717) is 23.5 Å². The Morgan fingerprint density at radius 3 is 2.97 bits per heavy atom. The smallest absolute Gasteiger partial charge is 0.257 e. The predicted octanol–water partition coefficient (Wildman–Crippen LogP) is 6.28. The van der Waals surface area contributed by atoms with Gasteiger partial charge in [0.1, 0.15) is 5.75 Å². The Kier molecular flexibility index (Phi) is 6.34. The molecule has 1 aromatic heterocycles. The average molecular weight is 499 g/mol. The van der Waals surface area contributed by atoms with Crippen molar-refractivity contribution < 1.29 is 9.53 Å². The van der Waals surface area contributed by atoms with Gasteiger partial charge in [-0.2, -0.15) is 0 Å². The number of thiazole rings is 1. The molecule has 1 atom stereocenters. The molecular formula is C29H30N4O2S. The van der Waals surface area contributed by atoms with Crippen molar-refractivity contribution in [2.45, 2.75) is 45.3 Å². The van der Waals surface area contributed by atoms with Crippen LogP contribution in [0, 0.1) is 0 Å². The van der Waals surface area contributed by atoms with Crippen LogP contribution in [0.3, 0.4) is 0 Å². The molecule has 1 unspecified atom stereocenters. The molecule has 7 heteroatoms. The van der Waals surface area contributed by atoms with E-state index in [4.69, 9.17) is 4.74 Å². The van der Waals surface area contributed by atoms with Gasteiger partial charge in [0.15, 0.2) is 11.9 Å². The first-order valence-electron chi connectivity index (χ1n) is 12.6. The Balaban J connectivity index is 1.15. The summed E-state index contributed by atoms with van der Waals surface area (Å²) in [7, 11) is 0. The van der Waals surface area contributed by atoms with Gasteiger partial charge in [-0.3, -0.25) is 15.0 Å². The lowest BCUT2D eigenvalue weighted by atomic mass is 10.0. The number of carbonyl (C=O) groups excluding carboxylic acids is 1. The van der Waals surface area contributed by atoms with E-state index >= 15 is 0 Å². The number of fused-ring (bicyclic) bond motifs is 3. The number of hydrogen-bond acceptors (Lipinski definition) is 6. The van der Waals surface area contributed by atoms with Crippen LogP contribution in [0.1, 0.15) is 47.0 Å². The number of amides is 1. The third kappa shape index (κ3) is 4.68. The predicted molar refractivity (Wildman–Crippen MR) is 146 cm³/mol. The molecule has 3 heterocycles. The molecule has 1 N–H and O–H groups in total. The Morgan fingerprint density at radius 1 is 1.14 bits per heavy atom. The number of hydrogen-bond donors (Lipinski definition) is 1. The summed E-state index contributed by atoms with van der Waals surface area (Å²) in [6.45, 7) is 5.50. The van der Waals surface area contributed by atoms with Gasteiger partial charge in [-0.1, -0.05) is 42.8 Å². The first kappa shape index (κ1) is 23.0. The monoisotopic (exact) mass is 498 g/mol. The summed E-state index contributed by atoms with van der Waals surface area (Å²) in [5.74, 6) is 0.783. The van der Waals surface area contributed by atoms with E-state index in [1.807, 2.05) is 36.5 Å². The third-order valence-corrected chi connectivity index (χ3v) is 8.17. The summed E-state index contributed by atoms with van der Waals surface area (Å²) in [4.78, 5) is 23.4. The molecule has 0 bridgehead atoms. The lowest BCUT2D eigenvalue weighted by Gasteiger charge is -2.32. The van der Waals surface area contributed by atoms with Crippen molar-refractivity contribution in [2.75, 3.05) is 23.5 Å². The third-order valence-electron chi connectivity index (χ3n) is 7.27. The van der Waals surface area contributed by atoms with Gasteiger partial charge in [0.05, 0.1) is 6.54 Å². The summed E-state index contributed by atoms with van der Waals surface area (Å²) in [5, 5.41) is 6.04. The van der Waals surface area contributed by atoms with Gasteiger partial charge in [-0.25, -0.2) is 4.98 Å². The second-order valence-electron chi connectivity index (χ2n) is 9.69. The molecule has 1 fully saturated rings. The number of nitrogens with zero attached hydrogens (tertiary/aromatic N) is 3. The molecule has 2 aliphatic heterocycles. The number of aromatic nitrogens is 1. The minimum absolute atomic E-state index is 0.145. The number of ether oxygens (including phenoxy) is 1. The highest BCUT2D eigenvalue weighted by Crippen LogP contribution is 2.34. The molecule has 184 valence electrons. The molecule has 2 aliphatic rings. The minimum atomic E-state index is -0.145. The molecule has 36 heavy (non-hydrogen) atoms. The standard InChI is InChI=1S/C29H30N4O2S/c1-20-7-4-5-14-32(20)17-24-16-30-29(36-24)31-28(34)22-9-6-10-23(15-22)33-18-26-25-11-3-2-8-21(25)12-13-27(26)35-19-33/h2-3,6,8-13,15-16,20H,4-5,7,14,17-19H2,1H3,(H,30,31,34). The van der Waals surface area contributed by atoms with Gasteiger partial charge in [-0.15, -0.1) is 11.3 Å². The molecular weight excluding hydrogens is 468 g/mol. The summed E-state index contributed by atoms with van der Waals surface area (Å²) in [6, 6.07) is 20.8.